The second kappa shape index (κ2) is 11.9. The molecule has 0 radical (unpaired) electrons. The zero-order chi connectivity index (χ0) is 36.8. The second-order valence-corrected chi connectivity index (χ2v) is 18.6. The van der Waals surface area contributed by atoms with Gasteiger partial charge in [-0.1, -0.05) is 152 Å². The Hall–Kier alpha value is -7.14. The van der Waals surface area contributed by atoms with Crippen molar-refractivity contribution in [1.29, 1.82) is 0 Å². The average molecular weight is 731 g/mol. The molecule has 1 unspecified atom stereocenters. The molecule has 0 amide bonds. The van der Waals surface area contributed by atoms with Crippen molar-refractivity contribution < 1.29 is 4.74 Å². The van der Waals surface area contributed by atoms with Crippen LogP contribution in [0.15, 0.2) is 206 Å². The zero-order valence-electron chi connectivity index (χ0n) is 30.4. The van der Waals surface area contributed by atoms with E-state index in [1.54, 1.807) is 0 Å². The van der Waals surface area contributed by atoms with Gasteiger partial charge in [0.25, 0.3) is 0 Å². The van der Waals surface area contributed by atoms with Crippen molar-refractivity contribution >= 4 is 83.2 Å². The molecule has 0 N–H and O–H groups in total. The van der Waals surface area contributed by atoms with Gasteiger partial charge in [-0.2, -0.15) is 0 Å². The molecule has 1 aliphatic rings. The lowest BCUT2D eigenvalue weighted by atomic mass is 10.1. The first-order chi connectivity index (χ1) is 27.8. The number of aromatic nitrogens is 2. The first-order valence-corrected chi connectivity index (χ1v) is 21.3. The maximum atomic E-state index is 7.02. The lowest BCUT2D eigenvalue weighted by molar-refractivity contribution is 0.487. The van der Waals surface area contributed by atoms with Gasteiger partial charge in [0, 0.05) is 39.0 Å². The predicted octanol–water partition coefficient (Wildman–Crippen LogP) is 10.5. The molecule has 0 spiro atoms. The zero-order valence-corrected chi connectivity index (χ0v) is 31.4. The fourth-order valence-electron chi connectivity index (χ4n) is 9.65. The predicted molar refractivity (Wildman–Crippen MR) is 236 cm³/mol. The summed E-state index contributed by atoms with van der Waals surface area (Å²) < 4.78 is 11.8. The van der Waals surface area contributed by atoms with Crippen molar-refractivity contribution in [3.63, 3.8) is 0 Å². The molecule has 0 aliphatic carbocycles. The van der Waals surface area contributed by atoms with Crippen LogP contribution in [-0.2, 0) is 0 Å². The standard InChI is InChI=1S/C52H34N2OSi/c1-2-14-36-33-40(29-25-35(36)13-1)56(39-30-26-37(27-31-39)53-45-19-7-3-15-41(45)42-16-4-8-20-46(42)53)51-24-12-11-23-49(51)55-50-34-38(28-32-52(50)56)54-47-21-9-5-17-43(47)44-18-6-10-22-48(44)54/h1-34H. The molecule has 9 aromatic carbocycles. The Morgan fingerprint density at radius 2 is 0.786 bits per heavy atom. The van der Waals surface area contributed by atoms with Crippen LogP contribution >= 0.6 is 0 Å². The van der Waals surface area contributed by atoms with Gasteiger partial charge in [0.2, 0.25) is 0 Å². The highest BCUT2D eigenvalue weighted by molar-refractivity contribution is 7.20. The highest BCUT2D eigenvalue weighted by Crippen LogP contribution is 2.36. The minimum atomic E-state index is -2.97. The normalized spacial score (nSPS) is 15.0. The topological polar surface area (TPSA) is 19.1 Å². The van der Waals surface area contributed by atoms with Crippen LogP contribution in [0.3, 0.4) is 0 Å². The molecule has 11 aromatic rings. The summed E-state index contributed by atoms with van der Waals surface area (Å²) in [5.74, 6) is 1.83. The van der Waals surface area contributed by atoms with Gasteiger partial charge in [-0.3, -0.25) is 0 Å². The van der Waals surface area contributed by atoms with Crippen LogP contribution < -0.4 is 25.5 Å². The lowest BCUT2D eigenvalue weighted by Crippen LogP contribution is -2.76. The molecular formula is C52H34N2OSi. The number of ether oxygens (including phenoxy) is 1. The van der Waals surface area contributed by atoms with Crippen molar-refractivity contribution in [2.24, 2.45) is 0 Å². The minimum Gasteiger partial charge on any atom is -0.457 e. The van der Waals surface area contributed by atoms with Crippen LogP contribution in [-0.4, -0.2) is 17.2 Å². The van der Waals surface area contributed by atoms with Gasteiger partial charge in [0.15, 0.2) is 8.07 Å². The third-order valence-corrected chi connectivity index (χ3v) is 16.9. The van der Waals surface area contributed by atoms with Gasteiger partial charge in [-0.15, -0.1) is 0 Å². The summed E-state index contributed by atoms with van der Waals surface area (Å²) in [7, 11) is -2.97. The van der Waals surface area contributed by atoms with Gasteiger partial charge < -0.3 is 13.9 Å². The molecule has 0 saturated carbocycles. The summed E-state index contributed by atoms with van der Waals surface area (Å²) in [5, 5.41) is 12.7. The van der Waals surface area contributed by atoms with Gasteiger partial charge in [0.1, 0.15) is 11.5 Å². The van der Waals surface area contributed by atoms with Crippen molar-refractivity contribution in [2.75, 3.05) is 0 Å². The van der Waals surface area contributed by atoms with E-state index in [0.29, 0.717) is 0 Å². The second-order valence-electron chi connectivity index (χ2n) is 14.9. The molecule has 3 heterocycles. The van der Waals surface area contributed by atoms with Gasteiger partial charge >= 0.3 is 0 Å². The summed E-state index contributed by atoms with van der Waals surface area (Å²) in [6.07, 6.45) is 0. The highest BCUT2D eigenvalue weighted by Gasteiger charge is 2.48. The minimum absolute atomic E-state index is 0.911. The molecule has 56 heavy (non-hydrogen) atoms. The Balaban J connectivity index is 1.13. The van der Waals surface area contributed by atoms with Crippen molar-refractivity contribution in [3.8, 4) is 22.9 Å². The number of nitrogens with zero attached hydrogens (tertiary/aromatic N) is 2. The van der Waals surface area contributed by atoms with Crippen LogP contribution in [0, 0.1) is 0 Å². The fraction of sp³-hybridized carbons (Fsp3) is 0. The summed E-state index contributed by atoms with van der Waals surface area (Å²) in [6, 6.07) is 75.8. The third kappa shape index (κ3) is 4.33. The maximum Gasteiger partial charge on any atom is 0.188 e. The summed E-state index contributed by atoms with van der Waals surface area (Å²) in [6.45, 7) is 0. The van der Waals surface area contributed by atoms with Crippen molar-refractivity contribution in [1.82, 2.24) is 9.13 Å². The first kappa shape index (κ1) is 31.2. The van der Waals surface area contributed by atoms with E-state index in [4.69, 9.17) is 4.74 Å². The summed E-state index contributed by atoms with van der Waals surface area (Å²) in [4.78, 5) is 0. The Kier molecular flexibility index (Phi) is 6.65. The smallest absolute Gasteiger partial charge is 0.188 e. The van der Waals surface area contributed by atoms with E-state index in [2.05, 4.69) is 215 Å². The summed E-state index contributed by atoms with van der Waals surface area (Å²) in [5.41, 5.74) is 7.02. The monoisotopic (exact) mass is 730 g/mol. The van der Waals surface area contributed by atoms with Crippen LogP contribution in [0.2, 0.25) is 0 Å². The SMILES string of the molecule is c1ccc2c(c1)Oc1cc(-n3c4ccccc4c4ccccc43)ccc1[Si]2(c1ccc(-n2c3ccccc3c3ccccc32)cc1)c1ccc2ccccc2c1. The molecule has 2 aromatic heterocycles. The quantitative estimate of drug-likeness (QED) is 0.165. The van der Waals surface area contributed by atoms with Gasteiger partial charge in [-0.25, -0.2) is 0 Å². The van der Waals surface area contributed by atoms with Crippen molar-refractivity contribution in [2.45, 2.75) is 0 Å². The van der Waals surface area contributed by atoms with E-state index in [0.717, 1.165) is 22.9 Å². The highest BCUT2D eigenvalue weighted by atomic mass is 28.3. The number of rotatable bonds is 4. The van der Waals surface area contributed by atoms with Crippen LogP contribution in [0.1, 0.15) is 0 Å². The first-order valence-electron chi connectivity index (χ1n) is 19.3. The molecule has 1 atom stereocenters. The molecule has 0 saturated heterocycles. The number of hydrogen-bond acceptors (Lipinski definition) is 1. The van der Waals surface area contributed by atoms with E-state index >= 15 is 0 Å². The molecule has 3 nitrogen and oxygen atoms in total. The van der Waals surface area contributed by atoms with Crippen molar-refractivity contribution in [3.05, 3.63) is 206 Å². The Morgan fingerprint density at radius 3 is 1.41 bits per heavy atom. The van der Waals surface area contributed by atoms with Crippen LogP contribution in [0.5, 0.6) is 11.5 Å². The maximum absolute atomic E-state index is 7.02. The van der Waals surface area contributed by atoms with E-state index in [-0.39, 0.29) is 0 Å². The molecule has 12 rings (SSSR count). The third-order valence-electron chi connectivity index (χ3n) is 12.0. The Bertz CT molecular complexity index is 3250. The Morgan fingerprint density at radius 1 is 0.321 bits per heavy atom. The lowest BCUT2D eigenvalue weighted by Gasteiger charge is -2.40. The molecule has 1 aliphatic heterocycles. The van der Waals surface area contributed by atoms with E-state index in [1.165, 1.54) is 75.1 Å². The molecule has 4 heteroatoms. The van der Waals surface area contributed by atoms with E-state index in [9.17, 15) is 0 Å². The fourth-order valence-corrected chi connectivity index (χ4v) is 14.6. The summed E-state index contributed by atoms with van der Waals surface area (Å²) >= 11 is 0. The number of hydrogen-bond donors (Lipinski definition) is 0. The van der Waals surface area contributed by atoms with E-state index < -0.39 is 8.07 Å². The number of benzene rings is 9. The number of para-hydroxylation sites is 5. The van der Waals surface area contributed by atoms with E-state index in [1.807, 2.05) is 0 Å². The van der Waals surface area contributed by atoms with Crippen LogP contribution in [0.4, 0.5) is 0 Å². The largest absolute Gasteiger partial charge is 0.457 e. The Labute approximate surface area is 324 Å². The van der Waals surface area contributed by atoms with Crippen LogP contribution in [0.25, 0.3) is 65.8 Å². The van der Waals surface area contributed by atoms with Gasteiger partial charge in [0.05, 0.1) is 22.1 Å². The van der Waals surface area contributed by atoms with Gasteiger partial charge in [-0.05, 0) is 80.1 Å². The molecule has 0 bridgehead atoms. The molecule has 0 fully saturated rings. The number of fused-ring (bicyclic) bond motifs is 9. The average Bonchev–Trinajstić information content (AvgIpc) is 3.78. The molecular weight excluding hydrogens is 697 g/mol. The molecule has 262 valence electrons.